The Morgan fingerprint density at radius 2 is 2.00 bits per heavy atom. The van der Waals surface area contributed by atoms with E-state index in [2.05, 4.69) is 4.98 Å². The monoisotopic (exact) mass is 248 g/mol. The van der Waals surface area contributed by atoms with Gasteiger partial charge in [0.25, 0.3) is 5.63 Å². The van der Waals surface area contributed by atoms with Crippen molar-refractivity contribution in [3.8, 4) is 0 Å². The van der Waals surface area contributed by atoms with Crippen LogP contribution in [-0.4, -0.2) is 15.2 Å². The van der Waals surface area contributed by atoms with Crippen LogP contribution in [0.1, 0.15) is 5.82 Å². The molecule has 0 unspecified atom stereocenters. The van der Waals surface area contributed by atoms with E-state index in [1.165, 1.54) is 13.0 Å². The highest BCUT2D eigenvalue weighted by molar-refractivity contribution is 6.20. The molecule has 0 saturated carbocycles. The van der Waals surface area contributed by atoms with Crippen LogP contribution in [0.25, 0.3) is 11.0 Å². The molecule has 1 aromatic heterocycles. The van der Waals surface area contributed by atoms with Crippen molar-refractivity contribution >= 4 is 22.6 Å². The molecule has 0 spiro atoms. The Morgan fingerprint density at radius 1 is 1.38 bits per heavy atom. The van der Waals surface area contributed by atoms with E-state index < -0.39 is 11.7 Å². The topological polar surface area (TPSA) is 17.8 Å². The van der Waals surface area contributed by atoms with Gasteiger partial charge >= 0.3 is 6.05 Å². The average Bonchev–Trinajstić information content (AvgIpc) is 2.53. The average molecular weight is 249 g/mol. The summed E-state index contributed by atoms with van der Waals surface area (Å²) in [6.45, 7) is 1.38. The first kappa shape index (κ1) is 11.3. The molecule has 2 nitrogen and oxygen atoms in total. The van der Waals surface area contributed by atoms with Crippen molar-refractivity contribution in [2.45, 2.75) is 18.6 Å². The van der Waals surface area contributed by atoms with E-state index in [1.807, 2.05) is 0 Å². The first-order chi connectivity index (χ1) is 7.44. The maximum atomic E-state index is 13.5. The molecule has 0 amide bonds. The predicted octanol–water partition coefficient (Wildman–Crippen LogP) is 3.43. The molecule has 0 fully saturated rings. The molecule has 1 aromatic carbocycles. The molecule has 2 rings (SSSR count). The highest BCUT2D eigenvalue weighted by Gasteiger charge is 2.43. The number of alkyl halides is 4. The van der Waals surface area contributed by atoms with Gasteiger partial charge in [0.1, 0.15) is 5.82 Å². The molecule has 86 valence electrons. The number of hydrogen-bond donors (Lipinski definition) is 0. The molecule has 0 N–H and O–H groups in total. The van der Waals surface area contributed by atoms with Gasteiger partial charge in [0.15, 0.2) is 0 Å². The van der Waals surface area contributed by atoms with Crippen molar-refractivity contribution in [3.05, 3.63) is 30.1 Å². The van der Waals surface area contributed by atoms with Crippen molar-refractivity contribution in [3.63, 3.8) is 0 Å². The Bertz CT molecular complexity index is 522. The zero-order valence-corrected chi connectivity index (χ0v) is 9.05. The summed E-state index contributed by atoms with van der Waals surface area (Å²) in [6, 6.07) is 2.48. The van der Waals surface area contributed by atoms with Gasteiger partial charge in [-0.15, -0.1) is 0 Å². The molecule has 0 aliphatic carbocycles. The van der Waals surface area contributed by atoms with Gasteiger partial charge in [0, 0.05) is 0 Å². The number of fused-ring (bicyclic) bond motifs is 1. The van der Waals surface area contributed by atoms with Crippen LogP contribution < -0.4 is 0 Å². The minimum Gasteiger partial charge on any atom is -0.264 e. The summed E-state index contributed by atoms with van der Waals surface area (Å²) < 4.78 is 40.3. The second-order valence-corrected chi connectivity index (χ2v) is 3.75. The number of imidazole rings is 1. The van der Waals surface area contributed by atoms with Crippen molar-refractivity contribution in [1.82, 2.24) is 9.55 Å². The Labute approximate surface area is 94.6 Å². The van der Waals surface area contributed by atoms with Crippen molar-refractivity contribution in [1.29, 1.82) is 0 Å². The van der Waals surface area contributed by atoms with Crippen molar-refractivity contribution in [2.75, 3.05) is 0 Å². The number of aromatic nitrogens is 2. The van der Waals surface area contributed by atoms with E-state index in [0.717, 1.165) is 0 Å². The maximum absolute atomic E-state index is 13.5. The highest BCUT2D eigenvalue weighted by atomic mass is 35.5. The van der Waals surface area contributed by atoms with Crippen LogP contribution in [0.3, 0.4) is 0 Å². The van der Waals surface area contributed by atoms with Crippen LogP contribution in [-0.2, 0) is 6.05 Å². The summed E-state index contributed by atoms with van der Waals surface area (Å²) in [4.78, 5) is 3.92. The van der Waals surface area contributed by atoms with Crippen LogP contribution in [0.4, 0.5) is 13.2 Å². The van der Waals surface area contributed by atoms with Gasteiger partial charge < -0.3 is 0 Å². The lowest BCUT2D eigenvalue weighted by atomic mass is 10.3. The Morgan fingerprint density at radius 3 is 2.62 bits per heavy atom. The molecule has 0 aliphatic heterocycles. The normalized spacial score (nSPS) is 14.3. The van der Waals surface area contributed by atoms with E-state index >= 15 is 0 Å². The van der Waals surface area contributed by atoms with Crippen LogP contribution >= 0.6 is 11.6 Å². The van der Waals surface area contributed by atoms with E-state index in [0.29, 0.717) is 10.1 Å². The van der Waals surface area contributed by atoms with Crippen LogP contribution in [0.2, 0.25) is 0 Å². The van der Waals surface area contributed by atoms with E-state index in [-0.39, 0.29) is 11.3 Å². The molecule has 1 atom stereocenters. The molecular formula is C10H8ClF3N2. The summed E-state index contributed by atoms with van der Waals surface area (Å²) in [5, 5.41) is 0. The second-order valence-electron chi connectivity index (χ2n) is 3.37. The first-order valence-electron chi connectivity index (χ1n) is 4.55. The predicted molar refractivity (Wildman–Crippen MR) is 55.4 cm³/mol. The number of para-hydroxylation sites is 2. The second kappa shape index (κ2) is 3.66. The quantitative estimate of drug-likeness (QED) is 0.745. The van der Waals surface area contributed by atoms with Gasteiger partial charge in [-0.25, -0.2) is 9.37 Å². The maximum Gasteiger partial charge on any atom is 0.375 e. The fourth-order valence-corrected chi connectivity index (χ4v) is 1.72. The van der Waals surface area contributed by atoms with Gasteiger partial charge in [-0.2, -0.15) is 8.78 Å². The molecule has 6 heteroatoms. The summed E-state index contributed by atoms with van der Waals surface area (Å²) >= 11 is 4.87. The molecule has 2 aromatic rings. The number of halogens is 4. The number of hydrogen-bond acceptors (Lipinski definition) is 1. The smallest absolute Gasteiger partial charge is 0.264 e. The summed E-state index contributed by atoms with van der Waals surface area (Å²) in [5.74, 6) is 0.0227. The van der Waals surface area contributed by atoms with Gasteiger partial charge in [-0.1, -0.05) is 23.7 Å². The van der Waals surface area contributed by atoms with E-state index in [9.17, 15) is 13.2 Å². The summed E-state index contributed by atoms with van der Waals surface area (Å²) in [5.41, 5.74) is -2.24. The lowest BCUT2D eigenvalue weighted by Crippen LogP contribution is -2.31. The molecule has 0 saturated heterocycles. The minimum absolute atomic E-state index is 0.0227. The van der Waals surface area contributed by atoms with Crippen LogP contribution in [0, 0.1) is 6.92 Å². The SMILES string of the molecule is Cc1nc2ccccc2n1C(F)(F)[C@@H](F)Cl. The van der Waals surface area contributed by atoms with E-state index in [1.54, 1.807) is 18.2 Å². The van der Waals surface area contributed by atoms with Gasteiger partial charge in [0.05, 0.1) is 11.0 Å². The first-order valence-corrected chi connectivity index (χ1v) is 4.98. The lowest BCUT2D eigenvalue weighted by Gasteiger charge is -2.19. The standard InChI is InChI=1S/C10H8ClF3N2/c1-6-15-7-4-2-3-5-8(7)16(6)10(13,14)9(11)12/h2-5,9H,1H3/t9-/m1/s1. The van der Waals surface area contributed by atoms with E-state index in [4.69, 9.17) is 11.6 Å². The Hall–Kier alpha value is -1.23. The summed E-state index contributed by atoms with van der Waals surface area (Å²) in [7, 11) is 0. The molecular weight excluding hydrogens is 241 g/mol. The number of benzene rings is 1. The zero-order valence-electron chi connectivity index (χ0n) is 8.29. The number of rotatable bonds is 2. The number of nitrogens with zero attached hydrogens (tertiary/aromatic N) is 2. The Balaban J connectivity index is 2.73. The molecule has 0 aliphatic rings. The Kier molecular flexibility index (Phi) is 2.58. The molecule has 1 heterocycles. The van der Waals surface area contributed by atoms with Crippen LogP contribution in [0.5, 0.6) is 0 Å². The third-order valence-electron chi connectivity index (χ3n) is 2.29. The largest absolute Gasteiger partial charge is 0.375 e. The van der Waals surface area contributed by atoms with Crippen LogP contribution in [0.15, 0.2) is 24.3 Å². The molecule has 0 bridgehead atoms. The van der Waals surface area contributed by atoms with Gasteiger partial charge in [0.2, 0.25) is 0 Å². The third kappa shape index (κ3) is 1.55. The van der Waals surface area contributed by atoms with Gasteiger partial charge in [-0.05, 0) is 19.1 Å². The van der Waals surface area contributed by atoms with Gasteiger partial charge in [-0.3, -0.25) is 4.57 Å². The molecule has 16 heavy (non-hydrogen) atoms. The third-order valence-corrected chi connectivity index (χ3v) is 2.55. The van der Waals surface area contributed by atoms with Crippen molar-refractivity contribution < 1.29 is 13.2 Å². The number of aryl methyl sites for hydroxylation is 1. The minimum atomic E-state index is -3.80. The summed E-state index contributed by atoms with van der Waals surface area (Å²) in [6.07, 6.45) is 0. The lowest BCUT2D eigenvalue weighted by molar-refractivity contribution is -0.113. The zero-order chi connectivity index (χ0) is 11.9. The highest BCUT2D eigenvalue weighted by Crippen LogP contribution is 2.34. The fourth-order valence-electron chi connectivity index (χ4n) is 1.62. The van der Waals surface area contributed by atoms with Crippen molar-refractivity contribution in [2.24, 2.45) is 0 Å². The molecule has 0 radical (unpaired) electrons. The fraction of sp³-hybridized carbons (Fsp3) is 0.300.